The molecule has 3 heteroatoms. The number of piperazine rings is 1. The lowest BCUT2D eigenvalue weighted by atomic mass is 10.1. The number of fused-ring (bicyclic) bond motifs is 1. The van der Waals surface area contributed by atoms with Crippen LogP contribution in [-0.2, 0) is 6.42 Å². The summed E-state index contributed by atoms with van der Waals surface area (Å²) in [4.78, 5) is 2.58. The van der Waals surface area contributed by atoms with Crippen molar-refractivity contribution in [2.75, 3.05) is 19.6 Å². The number of hydrogen-bond donors (Lipinski definition) is 1. The van der Waals surface area contributed by atoms with E-state index in [1.54, 1.807) is 0 Å². The molecular formula is C15H22N2O. The van der Waals surface area contributed by atoms with Crippen LogP contribution in [-0.4, -0.2) is 42.7 Å². The average molecular weight is 246 g/mol. The van der Waals surface area contributed by atoms with Crippen molar-refractivity contribution in [3.8, 4) is 5.75 Å². The molecule has 0 bridgehead atoms. The largest absolute Gasteiger partial charge is 0.488 e. The summed E-state index contributed by atoms with van der Waals surface area (Å²) in [5.41, 5.74) is 1.36. The molecule has 1 saturated heterocycles. The fourth-order valence-corrected chi connectivity index (χ4v) is 3.12. The molecule has 1 aromatic rings. The van der Waals surface area contributed by atoms with Gasteiger partial charge < -0.3 is 10.1 Å². The van der Waals surface area contributed by atoms with Crippen LogP contribution in [0.15, 0.2) is 24.3 Å². The Bertz CT molecular complexity index is 386. The molecule has 0 aliphatic carbocycles. The Morgan fingerprint density at radius 2 is 1.94 bits per heavy atom. The van der Waals surface area contributed by atoms with Gasteiger partial charge in [-0.25, -0.2) is 0 Å². The van der Waals surface area contributed by atoms with Crippen molar-refractivity contribution in [1.29, 1.82) is 0 Å². The van der Waals surface area contributed by atoms with Crippen molar-refractivity contribution in [1.82, 2.24) is 10.2 Å². The molecule has 3 atom stereocenters. The van der Waals surface area contributed by atoms with E-state index in [0.717, 1.165) is 31.8 Å². The number of ether oxygens (including phenoxy) is 1. The molecule has 2 aliphatic heterocycles. The zero-order chi connectivity index (χ0) is 12.5. The Labute approximate surface area is 109 Å². The first-order valence-corrected chi connectivity index (χ1v) is 6.95. The smallest absolute Gasteiger partial charge is 0.123 e. The SMILES string of the molecule is CC1CNCC(C)N1CC1Cc2ccccc2O1. The predicted octanol–water partition coefficient (Wildman–Crippen LogP) is 1.67. The number of rotatable bonds is 2. The predicted molar refractivity (Wildman–Crippen MR) is 73.1 cm³/mol. The molecule has 0 saturated carbocycles. The molecule has 1 fully saturated rings. The normalized spacial score (nSPS) is 32.0. The Morgan fingerprint density at radius 3 is 2.67 bits per heavy atom. The minimum Gasteiger partial charge on any atom is -0.488 e. The third kappa shape index (κ3) is 2.25. The first-order chi connectivity index (χ1) is 8.74. The van der Waals surface area contributed by atoms with Gasteiger partial charge in [0.15, 0.2) is 0 Å². The van der Waals surface area contributed by atoms with E-state index in [9.17, 15) is 0 Å². The summed E-state index contributed by atoms with van der Waals surface area (Å²) in [6, 6.07) is 9.61. The van der Waals surface area contributed by atoms with Crippen LogP contribution < -0.4 is 10.1 Å². The maximum absolute atomic E-state index is 6.04. The number of nitrogens with one attached hydrogen (secondary N) is 1. The maximum atomic E-state index is 6.04. The van der Waals surface area contributed by atoms with Crippen LogP contribution in [0.4, 0.5) is 0 Å². The minimum atomic E-state index is 0.324. The average Bonchev–Trinajstić information content (AvgIpc) is 2.76. The van der Waals surface area contributed by atoms with E-state index in [4.69, 9.17) is 4.74 Å². The maximum Gasteiger partial charge on any atom is 0.123 e. The highest BCUT2D eigenvalue weighted by atomic mass is 16.5. The minimum absolute atomic E-state index is 0.324. The molecule has 2 aliphatic rings. The Morgan fingerprint density at radius 1 is 1.22 bits per heavy atom. The summed E-state index contributed by atoms with van der Waals surface area (Å²) in [5, 5.41) is 3.47. The second-order valence-electron chi connectivity index (χ2n) is 5.60. The number of nitrogens with zero attached hydrogens (tertiary/aromatic N) is 1. The van der Waals surface area contributed by atoms with E-state index < -0.39 is 0 Å². The van der Waals surface area contributed by atoms with Gasteiger partial charge in [0.25, 0.3) is 0 Å². The monoisotopic (exact) mass is 246 g/mol. The van der Waals surface area contributed by atoms with Gasteiger partial charge in [-0.1, -0.05) is 18.2 Å². The van der Waals surface area contributed by atoms with E-state index in [-0.39, 0.29) is 0 Å². The quantitative estimate of drug-likeness (QED) is 0.859. The third-order valence-electron chi connectivity index (χ3n) is 4.14. The van der Waals surface area contributed by atoms with E-state index >= 15 is 0 Å². The topological polar surface area (TPSA) is 24.5 Å². The zero-order valence-corrected chi connectivity index (χ0v) is 11.2. The molecule has 0 radical (unpaired) electrons. The highest BCUT2D eigenvalue weighted by Gasteiger charge is 2.30. The highest BCUT2D eigenvalue weighted by Crippen LogP contribution is 2.29. The van der Waals surface area contributed by atoms with E-state index in [2.05, 4.69) is 48.3 Å². The number of benzene rings is 1. The lowest BCUT2D eigenvalue weighted by molar-refractivity contribution is 0.0687. The number of para-hydroxylation sites is 1. The highest BCUT2D eigenvalue weighted by molar-refractivity contribution is 5.37. The Balaban J connectivity index is 1.65. The van der Waals surface area contributed by atoms with Gasteiger partial charge in [-0.05, 0) is 25.5 Å². The Hall–Kier alpha value is -1.06. The van der Waals surface area contributed by atoms with Crippen molar-refractivity contribution < 1.29 is 4.74 Å². The zero-order valence-electron chi connectivity index (χ0n) is 11.2. The van der Waals surface area contributed by atoms with Crippen molar-refractivity contribution in [3.05, 3.63) is 29.8 Å². The summed E-state index contributed by atoms with van der Waals surface area (Å²) < 4.78 is 6.04. The molecule has 3 nitrogen and oxygen atoms in total. The number of hydrogen-bond acceptors (Lipinski definition) is 3. The molecule has 2 heterocycles. The third-order valence-corrected chi connectivity index (χ3v) is 4.14. The molecule has 3 unspecified atom stereocenters. The second kappa shape index (κ2) is 4.90. The van der Waals surface area contributed by atoms with Crippen molar-refractivity contribution in [2.45, 2.75) is 38.5 Å². The first kappa shape index (κ1) is 12.0. The van der Waals surface area contributed by atoms with E-state index in [1.807, 2.05) is 0 Å². The van der Waals surface area contributed by atoms with Crippen LogP contribution in [0.5, 0.6) is 5.75 Å². The fraction of sp³-hybridized carbons (Fsp3) is 0.600. The summed E-state index contributed by atoms with van der Waals surface area (Å²) in [6.45, 7) is 7.81. The van der Waals surface area contributed by atoms with Gasteiger partial charge >= 0.3 is 0 Å². The van der Waals surface area contributed by atoms with Crippen LogP contribution in [0.1, 0.15) is 19.4 Å². The lowest BCUT2D eigenvalue weighted by Crippen LogP contribution is -2.57. The van der Waals surface area contributed by atoms with Gasteiger partial charge in [0.1, 0.15) is 11.9 Å². The van der Waals surface area contributed by atoms with Gasteiger partial charge in [0.2, 0.25) is 0 Å². The van der Waals surface area contributed by atoms with Gasteiger partial charge in [0, 0.05) is 38.1 Å². The summed E-state index contributed by atoms with van der Waals surface area (Å²) in [6.07, 6.45) is 1.38. The molecule has 0 aromatic heterocycles. The van der Waals surface area contributed by atoms with Gasteiger partial charge in [-0.15, -0.1) is 0 Å². The summed E-state index contributed by atoms with van der Waals surface area (Å²) >= 11 is 0. The van der Waals surface area contributed by atoms with Crippen LogP contribution >= 0.6 is 0 Å². The molecule has 18 heavy (non-hydrogen) atoms. The lowest BCUT2D eigenvalue weighted by Gasteiger charge is -2.40. The Kier molecular flexibility index (Phi) is 3.27. The summed E-state index contributed by atoms with van der Waals surface area (Å²) in [7, 11) is 0. The standard InChI is InChI=1S/C15H22N2O/c1-11-8-16-9-12(2)17(11)10-14-7-13-5-3-4-6-15(13)18-14/h3-6,11-12,14,16H,7-10H2,1-2H3. The molecule has 3 rings (SSSR count). The molecular weight excluding hydrogens is 224 g/mol. The first-order valence-electron chi connectivity index (χ1n) is 6.95. The molecule has 1 N–H and O–H groups in total. The van der Waals surface area contributed by atoms with Crippen molar-refractivity contribution in [2.24, 2.45) is 0 Å². The van der Waals surface area contributed by atoms with Crippen LogP contribution in [0.3, 0.4) is 0 Å². The van der Waals surface area contributed by atoms with E-state index in [0.29, 0.717) is 18.2 Å². The van der Waals surface area contributed by atoms with Crippen LogP contribution in [0.2, 0.25) is 0 Å². The van der Waals surface area contributed by atoms with E-state index in [1.165, 1.54) is 5.56 Å². The fourth-order valence-electron chi connectivity index (χ4n) is 3.12. The van der Waals surface area contributed by atoms with Crippen LogP contribution in [0, 0.1) is 0 Å². The van der Waals surface area contributed by atoms with Gasteiger partial charge in [0.05, 0.1) is 0 Å². The van der Waals surface area contributed by atoms with Crippen LogP contribution in [0.25, 0.3) is 0 Å². The molecule has 0 amide bonds. The molecule has 98 valence electrons. The molecule has 0 spiro atoms. The van der Waals surface area contributed by atoms with Gasteiger partial charge in [-0.3, -0.25) is 4.90 Å². The van der Waals surface area contributed by atoms with Gasteiger partial charge in [-0.2, -0.15) is 0 Å². The van der Waals surface area contributed by atoms with Crippen molar-refractivity contribution in [3.63, 3.8) is 0 Å². The van der Waals surface area contributed by atoms with Crippen molar-refractivity contribution >= 4 is 0 Å². The molecule has 1 aromatic carbocycles. The summed E-state index contributed by atoms with van der Waals surface area (Å²) in [5.74, 6) is 1.08. The second-order valence-corrected chi connectivity index (χ2v) is 5.60.